The van der Waals surface area contributed by atoms with Gasteiger partial charge in [0, 0.05) is 0 Å². The van der Waals surface area contributed by atoms with Gasteiger partial charge in [-0.25, -0.2) is 12.8 Å². The minimum Gasteiger partial charge on any atom is -0.278 e. The zero-order valence-corrected chi connectivity index (χ0v) is 12.6. The maximum Gasteiger partial charge on any atom is 0.263 e. The van der Waals surface area contributed by atoms with Crippen LogP contribution in [0.2, 0.25) is 10.0 Å². The second-order valence-corrected chi connectivity index (χ2v) is 6.45. The van der Waals surface area contributed by atoms with Crippen molar-refractivity contribution >= 4 is 38.9 Å². The predicted octanol–water partition coefficient (Wildman–Crippen LogP) is 3.80. The first-order chi connectivity index (χ1) is 9.83. The van der Waals surface area contributed by atoms with E-state index in [-0.39, 0.29) is 26.2 Å². The van der Waals surface area contributed by atoms with Crippen molar-refractivity contribution in [3.8, 4) is 6.07 Å². The zero-order chi connectivity index (χ0) is 15.6. The number of sulfonamides is 1. The largest absolute Gasteiger partial charge is 0.278 e. The highest BCUT2D eigenvalue weighted by Crippen LogP contribution is 2.28. The van der Waals surface area contributed by atoms with E-state index >= 15 is 0 Å². The molecule has 0 aromatic heterocycles. The molecule has 2 aromatic rings. The average molecular weight is 345 g/mol. The minimum absolute atomic E-state index is 0.0264. The summed E-state index contributed by atoms with van der Waals surface area (Å²) in [7, 11) is -4.00. The fourth-order valence-corrected chi connectivity index (χ4v) is 3.46. The van der Waals surface area contributed by atoms with Crippen LogP contribution < -0.4 is 4.72 Å². The molecule has 0 saturated carbocycles. The van der Waals surface area contributed by atoms with Crippen molar-refractivity contribution in [1.29, 1.82) is 5.26 Å². The summed E-state index contributed by atoms with van der Waals surface area (Å²) in [5, 5.41) is 8.55. The van der Waals surface area contributed by atoms with E-state index in [0.717, 1.165) is 12.1 Å². The number of rotatable bonds is 3. The summed E-state index contributed by atoms with van der Waals surface area (Å²) in [5.41, 5.74) is 0.261. The normalized spacial score (nSPS) is 11.0. The molecule has 0 fully saturated rings. The highest BCUT2D eigenvalue weighted by molar-refractivity contribution is 7.92. The third-order valence-corrected chi connectivity index (χ3v) is 4.69. The molecule has 0 aliphatic rings. The van der Waals surface area contributed by atoms with E-state index < -0.39 is 15.8 Å². The molecule has 0 radical (unpaired) electrons. The molecule has 0 atom stereocenters. The Labute approximate surface area is 130 Å². The van der Waals surface area contributed by atoms with Crippen LogP contribution in [-0.2, 0) is 10.0 Å². The summed E-state index contributed by atoms with van der Waals surface area (Å²) < 4.78 is 39.6. The lowest BCUT2D eigenvalue weighted by atomic mass is 10.2. The van der Waals surface area contributed by atoms with Crippen LogP contribution in [-0.4, -0.2) is 8.42 Å². The molecular formula is C13H7Cl2FN2O2S. The van der Waals surface area contributed by atoms with Gasteiger partial charge in [-0.05, 0) is 36.4 Å². The number of hydrogen-bond acceptors (Lipinski definition) is 3. The van der Waals surface area contributed by atoms with E-state index in [1.54, 1.807) is 0 Å². The van der Waals surface area contributed by atoms with Crippen molar-refractivity contribution in [2.45, 2.75) is 4.90 Å². The number of anilines is 1. The first-order valence-corrected chi connectivity index (χ1v) is 7.75. The minimum atomic E-state index is -4.00. The van der Waals surface area contributed by atoms with Crippen molar-refractivity contribution in [1.82, 2.24) is 0 Å². The second-order valence-electron chi connectivity index (χ2n) is 3.99. The van der Waals surface area contributed by atoms with Gasteiger partial charge in [0.05, 0.1) is 27.4 Å². The van der Waals surface area contributed by atoms with Crippen LogP contribution in [0.5, 0.6) is 0 Å². The second kappa shape index (κ2) is 5.90. The maximum atomic E-state index is 12.9. The molecule has 0 saturated heterocycles. The molecule has 21 heavy (non-hydrogen) atoms. The molecule has 0 aliphatic heterocycles. The fourth-order valence-electron chi connectivity index (χ4n) is 1.56. The first kappa shape index (κ1) is 15.6. The molecule has 108 valence electrons. The van der Waals surface area contributed by atoms with Crippen LogP contribution in [0.4, 0.5) is 10.1 Å². The standard InChI is InChI=1S/C13H7Cl2FN2O2S/c14-10-6-9(16)2-3-12(10)18-21(19,20)13-4-1-8(7-17)5-11(13)15/h1-6,18H. The van der Waals surface area contributed by atoms with Crippen molar-refractivity contribution in [3.63, 3.8) is 0 Å². The molecule has 0 aliphatic carbocycles. The number of nitriles is 1. The summed E-state index contributed by atoms with van der Waals surface area (Å²) in [4.78, 5) is -0.205. The molecule has 0 unspecified atom stereocenters. The Bertz CT molecular complexity index is 848. The van der Waals surface area contributed by atoms with Crippen molar-refractivity contribution in [2.24, 2.45) is 0 Å². The summed E-state index contributed by atoms with van der Waals surface area (Å²) >= 11 is 11.6. The third kappa shape index (κ3) is 3.45. The number of nitrogens with zero attached hydrogens (tertiary/aromatic N) is 1. The Morgan fingerprint density at radius 3 is 2.38 bits per heavy atom. The van der Waals surface area contributed by atoms with Crippen LogP contribution in [0.3, 0.4) is 0 Å². The average Bonchev–Trinajstić information content (AvgIpc) is 2.41. The molecule has 8 heteroatoms. The topological polar surface area (TPSA) is 70.0 Å². The third-order valence-electron chi connectivity index (χ3n) is 2.53. The lowest BCUT2D eigenvalue weighted by Crippen LogP contribution is -2.14. The van der Waals surface area contributed by atoms with Gasteiger partial charge < -0.3 is 0 Å². The van der Waals surface area contributed by atoms with Gasteiger partial charge in [0.2, 0.25) is 0 Å². The molecule has 1 N–H and O–H groups in total. The van der Waals surface area contributed by atoms with Gasteiger partial charge in [-0.2, -0.15) is 5.26 Å². The SMILES string of the molecule is N#Cc1ccc(S(=O)(=O)Nc2ccc(F)cc2Cl)c(Cl)c1. The van der Waals surface area contributed by atoms with E-state index in [0.29, 0.717) is 0 Å². The lowest BCUT2D eigenvalue weighted by Gasteiger charge is -2.11. The fraction of sp³-hybridized carbons (Fsp3) is 0. The van der Waals surface area contributed by atoms with Gasteiger partial charge in [0.15, 0.2) is 0 Å². The number of halogens is 3. The van der Waals surface area contributed by atoms with E-state index in [1.165, 1.54) is 24.3 Å². The molecular weight excluding hydrogens is 338 g/mol. The molecule has 2 rings (SSSR count). The van der Waals surface area contributed by atoms with Gasteiger partial charge in [-0.1, -0.05) is 23.2 Å². The smallest absolute Gasteiger partial charge is 0.263 e. The highest BCUT2D eigenvalue weighted by Gasteiger charge is 2.19. The summed E-state index contributed by atoms with van der Waals surface area (Å²) in [6.45, 7) is 0. The Balaban J connectivity index is 2.41. The zero-order valence-electron chi connectivity index (χ0n) is 10.3. The van der Waals surface area contributed by atoms with Gasteiger partial charge in [-0.15, -0.1) is 0 Å². The first-order valence-electron chi connectivity index (χ1n) is 5.51. The van der Waals surface area contributed by atoms with Crippen molar-refractivity contribution in [3.05, 3.63) is 57.8 Å². The Kier molecular flexibility index (Phi) is 4.37. The molecule has 2 aromatic carbocycles. The molecule has 0 amide bonds. The lowest BCUT2D eigenvalue weighted by molar-refractivity contribution is 0.601. The van der Waals surface area contributed by atoms with Crippen LogP contribution in [0, 0.1) is 17.1 Å². The highest BCUT2D eigenvalue weighted by atomic mass is 35.5. The van der Waals surface area contributed by atoms with E-state index in [1.807, 2.05) is 6.07 Å². The predicted molar refractivity (Wildman–Crippen MR) is 78.4 cm³/mol. The van der Waals surface area contributed by atoms with Gasteiger partial charge in [0.1, 0.15) is 10.7 Å². The van der Waals surface area contributed by atoms with Crippen LogP contribution in [0.25, 0.3) is 0 Å². The number of benzene rings is 2. The van der Waals surface area contributed by atoms with Gasteiger partial charge in [-0.3, -0.25) is 4.72 Å². The van der Waals surface area contributed by atoms with Crippen LogP contribution in [0.1, 0.15) is 5.56 Å². The number of nitrogens with one attached hydrogen (secondary N) is 1. The van der Waals surface area contributed by atoms with E-state index in [9.17, 15) is 12.8 Å². The van der Waals surface area contributed by atoms with E-state index in [2.05, 4.69) is 4.72 Å². The van der Waals surface area contributed by atoms with Crippen LogP contribution in [0.15, 0.2) is 41.3 Å². The summed E-state index contributed by atoms with van der Waals surface area (Å²) in [6.07, 6.45) is 0. The molecule has 0 bridgehead atoms. The monoisotopic (exact) mass is 344 g/mol. The summed E-state index contributed by atoms with van der Waals surface area (Å²) in [6, 6.07) is 8.88. The Morgan fingerprint density at radius 2 is 1.81 bits per heavy atom. The molecule has 0 spiro atoms. The number of hydrogen-bond donors (Lipinski definition) is 1. The van der Waals surface area contributed by atoms with Crippen molar-refractivity contribution < 1.29 is 12.8 Å². The van der Waals surface area contributed by atoms with Gasteiger partial charge >= 0.3 is 0 Å². The van der Waals surface area contributed by atoms with Crippen molar-refractivity contribution in [2.75, 3.05) is 4.72 Å². The maximum absolute atomic E-state index is 12.9. The van der Waals surface area contributed by atoms with E-state index in [4.69, 9.17) is 28.5 Å². The van der Waals surface area contributed by atoms with Gasteiger partial charge in [0.25, 0.3) is 10.0 Å². The summed E-state index contributed by atoms with van der Waals surface area (Å²) in [5.74, 6) is -0.584. The molecule has 4 nitrogen and oxygen atoms in total. The Hall–Kier alpha value is -1.81. The van der Waals surface area contributed by atoms with Crippen LogP contribution >= 0.6 is 23.2 Å². The Morgan fingerprint density at radius 1 is 1.10 bits per heavy atom. The molecule has 0 heterocycles. The quantitative estimate of drug-likeness (QED) is 0.920.